The molecule has 0 unspecified atom stereocenters. The number of thiophene rings is 1. The molecule has 0 radical (unpaired) electrons. The minimum Gasteiger partial charge on any atom is -0.309 e. The Morgan fingerprint density at radius 2 is 1.06 bits per heavy atom. The van der Waals surface area contributed by atoms with E-state index in [1.165, 1.54) is 42.0 Å². The molecular weight excluding hydrogens is 627 g/mol. The van der Waals surface area contributed by atoms with Gasteiger partial charge >= 0.3 is 0 Å². The maximum atomic E-state index is 5.35. The summed E-state index contributed by atoms with van der Waals surface area (Å²) >= 11 is 1.83. The molecule has 4 heteroatoms. The van der Waals surface area contributed by atoms with Crippen molar-refractivity contribution in [1.82, 2.24) is 14.5 Å². The molecule has 3 nitrogen and oxygen atoms in total. The van der Waals surface area contributed by atoms with E-state index in [-0.39, 0.29) is 0 Å². The summed E-state index contributed by atoms with van der Waals surface area (Å²) in [6, 6.07) is 62.4. The van der Waals surface area contributed by atoms with E-state index in [9.17, 15) is 0 Å². The monoisotopic (exact) mass is 655 g/mol. The lowest BCUT2D eigenvalue weighted by molar-refractivity contribution is 1.17. The van der Waals surface area contributed by atoms with Gasteiger partial charge in [-0.25, -0.2) is 9.97 Å². The second kappa shape index (κ2) is 11.7. The van der Waals surface area contributed by atoms with Crippen molar-refractivity contribution >= 4 is 53.3 Å². The number of fused-ring (bicyclic) bond motifs is 6. The highest BCUT2D eigenvalue weighted by molar-refractivity contribution is 7.26. The van der Waals surface area contributed by atoms with Gasteiger partial charge in [-0.05, 0) is 53.6 Å². The maximum absolute atomic E-state index is 5.35. The summed E-state index contributed by atoms with van der Waals surface area (Å²) in [5.74, 6) is 0.701. The fraction of sp³-hybridized carbons (Fsp3) is 0. The first-order valence-corrected chi connectivity index (χ1v) is 17.6. The fourth-order valence-corrected chi connectivity index (χ4v) is 8.49. The molecule has 0 saturated carbocycles. The third-order valence-corrected chi connectivity index (χ3v) is 10.8. The van der Waals surface area contributed by atoms with Crippen molar-refractivity contribution < 1.29 is 0 Å². The van der Waals surface area contributed by atoms with Gasteiger partial charge in [-0.15, -0.1) is 11.3 Å². The zero-order valence-corrected chi connectivity index (χ0v) is 27.8. The summed E-state index contributed by atoms with van der Waals surface area (Å²) in [5, 5.41) is 4.96. The molecule has 0 saturated heterocycles. The summed E-state index contributed by atoms with van der Waals surface area (Å²) in [4.78, 5) is 10.7. The van der Waals surface area contributed by atoms with Gasteiger partial charge in [-0.2, -0.15) is 0 Å². The average Bonchev–Trinajstić information content (AvgIpc) is 3.74. The Labute approximate surface area is 293 Å². The molecule has 7 aromatic carbocycles. The fourth-order valence-electron chi connectivity index (χ4n) is 7.26. The number of hydrogen-bond acceptors (Lipinski definition) is 3. The van der Waals surface area contributed by atoms with Crippen LogP contribution in [0.1, 0.15) is 0 Å². The Bertz CT molecular complexity index is 2870. The van der Waals surface area contributed by atoms with E-state index in [4.69, 9.17) is 9.97 Å². The summed E-state index contributed by atoms with van der Waals surface area (Å²) in [6.45, 7) is 0. The standard InChI is InChI=1S/C46H29N3S/c1-3-13-30(14-4-1)31-15-11-16-32(27-31)40-29-41(39-22-12-21-38-37-20-8-10-24-44(37)50-45(38)39)48-46(47-40)33-25-26-36-35-19-7-9-23-42(35)49(43(36)28-33)34-17-5-2-6-18-34/h1-29H. The van der Waals surface area contributed by atoms with Crippen molar-refractivity contribution in [3.05, 3.63) is 176 Å². The van der Waals surface area contributed by atoms with Gasteiger partial charge in [0.25, 0.3) is 0 Å². The van der Waals surface area contributed by atoms with Gasteiger partial charge in [-0.3, -0.25) is 0 Å². The minimum absolute atomic E-state index is 0.701. The summed E-state index contributed by atoms with van der Waals surface area (Å²) in [5.41, 5.74) is 10.7. The predicted octanol–water partition coefficient (Wildman–Crippen LogP) is 12.6. The molecular formula is C46H29N3S. The zero-order chi connectivity index (χ0) is 33.0. The lowest BCUT2D eigenvalue weighted by atomic mass is 10.00. The molecule has 3 aromatic heterocycles. The lowest BCUT2D eigenvalue weighted by Crippen LogP contribution is -1.97. The Morgan fingerprint density at radius 3 is 1.94 bits per heavy atom. The van der Waals surface area contributed by atoms with Gasteiger partial charge in [0.2, 0.25) is 0 Å². The van der Waals surface area contributed by atoms with Crippen molar-refractivity contribution in [2.24, 2.45) is 0 Å². The predicted molar refractivity (Wildman–Crippen MR) is 211 cm³/mol. The van der Waals surface area contributed by atoms with Gasteiger partial charge in [-0.1, -0.05) is 133 Å². The van der Waals surface area contributed by atoms with E-state index < -0.39 is 0 Å². The van der Waals surface area contributed by atoms with Crippen molar-refractivity contribution in [3.63, 3.8) is 0 Å². The molecule has 50 heavy (non-hydrogen) atoms. The molecule has 0 aliphatic heterocycles. The number of nitrogens with zero attached hydrogens (tertiary/aromatic N) is 3. The quantitative estimate of drug-likeness (QED) is 0.185. The van der Waals surface area contributed by atoms with Crippen LogP contribution in [0.5, 0.6) is 0 Å². The lowest BCUT2D eigenvalue weighted by Gasteiger charge is -2.12. The molecule has 0 spiro atoms. The van der Waals surface area contributed by atoms with Crippen LogP contribution in [-0.4, -0.2) is 14.5 Å². The van der Waals surface area contributed by atoms with Gasteiger partial charge in [0.15, 0.2) is 5.82 Å². The molecule has 10 aromatic rings. The Balaban J connectivity index is 1.22. The van der Waals surface area contributed by atoms with Crippen molar-refractivity contribution in [2.45, 2.75) is 0 Å². The van der Waals surface area contributed by atoms with Crippen LogP contribution in [0, 0.1) is 0 Å². The summed E-state index contributed by atoms with van der Waals surface area (Å²) in [7, 11) is 0. The van der Waals surface area contributed by atoms with Gasteiger partial charge in [0, 0.05) is 53.3 Å². The van der Waals surface area contributed by atoms with Crippen molar-refractivity contribution in [2.75, 3.05) is 0 Å². The van der Waals surface area contributed by atoms with Crippen molar-refractivity contribution in [1.29, 1.82) is 0 Å². The number of hydrogen-bond donors (Lipinski definition) is 0. The Hall–Kier alpha value is -6.36. The molecule has 3 heterocycles. The molecule has 0 fully saturated rings. The number of aromatic nitrogens is 3. The second-order valence-electron chi connectivity index (χ2n) is 12.6. The zero-order valence-electron chi connectivity index (χ0n) is 27.0. The van der Waals surface area contributed by atoms with Gasteiger partial charge < -0.3 is 4.57 Å². The number of para-hydroxylation sites is 2. The average molecular weight is 656 g/mol. The van der Waals surface area contributed by atoms with Crippen LogP contribution in [0.4, 0.5) is 0 Å². The molecule has 0 aliphatic rings. The molecule has 0 atom stereocenters. The molecule has 10 rings (SSSR count). The first kappa shape index (κ1) is 28.6. The topological polar surface area (TPSA) is 30.7 Å². The van der Waals surface area contributed by atoms with E-state index in [2.05, 4.69) is 180 Å². The molecule has 0 bridgehead atoms. The van der Waals surface area contributed by atoms with Crippen LogP contribution >= 0.6 is 11.3 Å². The Kier molecular flexibility index (Phi) is 6.68. The summed E-state index contributed by atoms with van der Waals surface area (Å²) < 4.78 is 4.86. The highest BCUT2D eigenvalue weighted by atomic mass is 32.1. The number of benzene rings is 7. The molecule has 0 amide bonds. The third-order valence-electron chi connectivity index (χ3n) is 9.62. The molecule has 0 aliphatic carbocycles. The van der Waals surface area contributed by atoms with Crippen LogP contribution in [-0.2, 0) is 0 Å². The van der Waals surface area contributed by atoms with Gasteiger partial charge in [0.1, 0.15) is 0 Å². The summed E-state index contributed by atoms with van der Waals surface area (Å²) in [6.07, 6.45) is 0. The van der Waals surface area contributed by atoms with E-state index in [1.807, 2.05) is 11.3 Å². The van der Waals surface area contributed by atoms with E-state index in [0.717, 1.165) is 44.8 Å². The highest BCUT2D eigenvalue weighted by Gasteiger charge is 2.18. The first-order chi connectivity index (χ1) is 24.8. The highest BCUT2D eigenvalue weighted by Crippen LogP contribution is 2.41. The maximum Gasteiger partial charge on any atom is 0.160 e. The van der Waals surface area contributed by atoms with Gasteiger partial charge in [0.05, 0.1) is 22.4 Å². The molecule has 234 valence electrons. The smallest absolute Gasteiger partial charge is 0.160 e. The normalized spacial score (nSPS) is 11.6. The second-order valence-corrected chi connectivity index (χ2v) is 13.7. The molecule has 0 N–H and O–H groups in total. The Morgan fingerprint density at radius 1 is 0.400 bits per heavy atom. The van der Waals surface area contributed by atoms with E-state index in [1.54, 1.807) is 0 Å². The third kappa shape index (κ3) is 4.73. The van der Waals surface area contributed by atoms with Crippen LogP contribution in [0.15, 0.2) is 176 Å². The number of rotatable bonds is 5. The van der Waals surface area contributed by atoms with Crippen molar-refractivity contribution in [3.8, 4) is 50.7 Å². The first-order valence-electron chi connectivity index (χ1n) is 16.8. The SMILES string of the molecule is c1ccc(-c2cccc(-c3cc(-c4cccc5c4sc4ccccc45)nc(-c4ccc5c6ccccc6n(-c6ccccc6)c5c4)n3)c2)cc1. The van der Waals surface area contributed by atoms with Crippen LogP contribution in [0.2, 0.25) is 0 Å². The van der Waals surface area contributed by atoms with Crippen LogP contribution in [0.25, 0.3) is 92.7 Å². The van der Waals surface area contributed by atoms with E-state index in [0.29, 0.717) is 5.82 Å². The minimum atomic E-state index is 0.701. The van der Waals surface area contributed by atoms with Crippen LogP contribution < -0.4 is 0 Å². The van der Waals surface area contributed by atoms with E-state index >= 15 is 0 Å². The van der Waals surface area contributed by atoms with Crippen LogP contribution in [0.3, 0.4) is 0 Å². The largest absolute Gasteiger partial charge is 0.309 e.